The van der Waals surface area contributed by atoms with E-state index < -0.39 is 0 Å². The largest absolute Gasteiger partial charge is 0.504 e. The second kappa shape index (κ2) is 5.46. The first-order valence-corrected chi connectivity index (χ1v) is 7.42. The van der Waals surface area contributed by atoms with E-state index in [-0.39, 0.29) is 11.5 Å². The summed E-state index contributed by atoms with van der Waals surface area (Å²) in [7, 11) is 0. The van der Waals surface area contributed by atoms with Crippen LogP contribution in [0.2, 0.25) is 0 Å². The smallest absolute Gasteiger partial charge is 0.157 e. The lowest BCUT2D eigenvalue weighted by molar-refractivity contribution is 0.402. The first kappa shape index (κ1) is 13.5. The highest BCUT2D eigenvalue weighted by Crippen LogP contribution is 2.38. The van der Waals surface area contributed by atoms with Gasteiger partial charge in [-0.3, -0.25) is 0 Å². The van der Waals surface area contributed by atoms with Crippen LogP contribution in [0.4, 0.5) is 0 Å². The van der Waals surface area contributed by atoms with E-state index in [1.165, 1.54) is 5.56 Å². The van der Waals surface area contributed by atoms with Crippen LogP contribution in [0.1, 0.15) is 23.0 Å². The highest BCUT2D eigenvalue weighted by molar-refractivity contribution is 9.10. The summed E-state index contributed by atoms with van der Waals surface area (Å²) in [4.78, 5) is 0. The minimum Gasteiger partial charge on any atom is -0.504 e. The summed E-state index contributed by atoms with van der Waals surface area (Å²) in [5.74, 6) is 0.568. The third kappa shape index (κ3) is 2.53. The maximum absolute atomic E-state index is 9.68. The molecular formula is C16H16BrNO2. The van der Waals surface area contributed by atoms with Crippen molar-refractivity contribution >= 4 is 15.9 Å². The predicted octanol–water partition coefficient (Wildman–Crippen LogP) is 3.33. The third-order valence-electron chi connectivity index (χ3n) is 3.94. The van der Waals surface area contributed by atoms with Crippen LogP contribution < -0.4 is 5.32 Å². The Morgan fingerprint density at radius 1 is 0.850 bits per heavy atom. The van der Waals surface area contributed by atoms with Gasteiger partial charge in [0.25, 0.3) is 0 Å². The van der Waals surface area contributed by atoms with Crippen LogP contribution in [0.25, 0.3) is 0 Å². The molecule has 3 N–H and O–H groups in total. The van der Waals surface area contributed by atoms with Crippen molar-refractivity contribution in [3.8, 4) is 11.5 Å². The molecule has 0 aromatic heterocycles. The normalized spacial score (nSPS) is 22.1. The fourth-order valence-corrected chi connectivity index (χ4v) is 3.12. The number of rotatable bonds is 2. The zero-order valence-electron chi connectivity index (χ0n) is 10.9. The van der Waals surface area contributed by atoms with Crippen LogP contribution in [0, 0.1) is 0 Å². The van der Waals surface area contributed by atoms with E-state index in [9.17, 15) is 10.2 Å². The molecule has 4 heteroatoms. The monoisotopic (exact) mass is 333 g/mol. The molecule has 2 aromatic carbocycles. The lowest BCUT2D eigenvalue weighted by Crippen LogP contribution is -2.08. The summed E-state index contributed by atoms with van der Waals surface area (Å²) in [6.45, 7) is 1.80. The summed E-state index contributed by atoms with van der Waals surface area (Å²) >= 11 is 3.46. The molecule has 2 aromatic rings. The van der Waals surface area contributed by atoms with Gasteiger partial charge in [-0.2, -0.15) is 0 Å². The molecule has 0 bridgehead atoms. The molecule has 20 heavy (non-hydrogen) atoms. The van der Waals surface area contributed by atoms with Crippen LogP contribution in [0.5, 0.6) is 11.5 Å². The molecule has 2 atom stereocenters. The average molecular weight is 334 g/mol. The number of benzene rings is 2. The van der Waals surface area contributed by atoms with Gasteiger partial charge in [-0.25, -0.2) is 0 Å². The number of hydrogen-bond donors (Lipinski definition) is 3. The number of phenolic OH excluding ortho intramolecular Hbond substituents is 2. The second-order valence-corrected chi connectivity index (χ2v) is 6.09. The van der Waals surface area contributed by atoms with Crippen molar-refractivity contribution in [1.29, 1.82) is 0 Å². The van der Waals surface area contributed by atoms with Crippen molar-refractivity contribution in [2.75, 3.05) is 13.1 Å². The molecule has 3 rings (SSSR count). The maximum atomic E-state index is 9.68. The molecule has 1 aliphatic heterocycles. The lowest BCUT2D eigenvalue weighted by Gasteiger charge is -2.20. The SMILES string of the molecule is Oc1ccc(C2CNCC2c2ccc(Br)cc2)cc1O. The lowest BCUT2D eigenvalue weighted by atomic mass is 9.84. The molecule has 1 heterocycles. The van der Waals surface area contributed by atoms with E-state index in [4.69, 9.17) is 0 Å². The summed E-state index contributed by atoms with van der Waals surface area (Å²) in [5.41, 5.74) is 2.34. The Morgan fingerprint density at radius 3 is 2.10 bits per heavy atom. The molecule has 104 valence electrons. The quantitative estimate of drug-likeness (QED) is 0.739. The number of nitrogens with one attached hydrogen (secondary N) is 1. The molecule has 2 unspecified atom stereocenters. The number of hydrogen-bond acceptors (Lipinski definition) is 3. The Balaban J connectivity index is 1.92. The Hall–Kier alpha value is -1.52. The molecule has 1 aliphatic rings. The van der Waals surface area contributed by atoms with Crippen molar-refractivity contribution in [2.45, 2.75) is 11.8 Å². The summed E-state index contributed by atoms with van der Waals surface area (Å²) in [6, 6.07) is 13.5. The van der Waals surface area contributed by atoms with E-state index in [2.05, 4.69) is 45.5 Å². The van der Waals surface area contributed by atoms with Crippen LogP contribution in [0.15, 0.2) is 46.9 Å². The van der Waals surface area contributed by atoms with E-state index in [1.54, 1.807) is 12.1 Å². The van der Waals surface area contributed by atoms with Crippen molar-refractivity contribution < 1.29 is 10.2 Å². The van der Waals surface area contributed by atoms with Crippen LogP contribution in [0.3, 0.4) is 0 Å². The molecule has 0 radical (unpaired) electrons. The van der Waals surface area contributed by atoms with Gasteiger partial charge < -0.3 is 15.5 Å². The molecule has 0 saturated carbocycles. The molecule has 0 amide bonds. The van der Waals surface area contributed by atoms with Gasteiger partial charge in [-0.05, 0) is 35.4 Å². The highest BCUT2D eigenvalue weighted by Gasteiger charge is 2.30. The summed E-state index contributed by atoms with van der Waals surface area (Å²) < 4.78 is 1.08. The minimum absolute atomic E-state index is 0.0519. The Bertz CT molecular complexity index is 612. The topological polar surface area (TPSA) is 52.5 Å². The van der Waals surface area contributed by atoms with E-state index >= 15 is 0 Å². The third-order valence-corrected chi connectivity index (χ3v) is 4.47. The molecule has 1 fully saturated rings. The molecule has 0 aliphatic carbocycles. The van der Waals surface area contributed by atoms with Gasteiger partial charge in [0.2, 0.25) is 0 Å². The molecule has 1 saturated heterocycles. The van der Waals surface area contributed by atoms with Gasteiger partial charge in [-0.15, -0.1) is 0 Å². The Labute approximate surface area is 126 Å². The highest BCUT2D eigenvalue weighted by atomic mass is 79.9. The number of halogens is 1. The molecule has 0 spiro atoms. The van der Waals surface area contributed by atoms with Gasteiger partial charge in [-0.1, -0.05) is 34.1 Å². The molecular weight excluding hydrogens is 318 g/mol. The van der Waals surface area contributed by atoms with Crippen LogP contribution in [-0.4, -0.2) is 23.3 Å². The fraction of sp³-hybridized carbons (Fsp3) is 0.250. The van der Waals surface area contributed by atoms with Crippen molar-refractivity contribution in [3.05, 3.63) is 58.1 Å². The standard InChI is InChI=1S/C16H16BrNO2/c17-12-4-1-10(2-5-12)13-8-18-9-14(13)11-3-6-15(19)16(20)7-11/h1-7,13-14,18-20H,8-9H2. The van der Waals surface area contributed by atoms with E-state index in [0.717, 1.165) is 23.1 Å². The number of phenols is 2. The number of aromatic hydroxyl groups is 2. The van der Waals surface area contributed by atoms with E-state index in [1.807, 2.05) is 6.07 Å². The summed E-state index contributed by atoms with van der Waals surface area (Å²) in [6.07, 6.45) is 0. The van der Waals surface area contributed by atoms with Crippen molar-refractivity contribution in [1.82, 2.24) is 5.32 Å². The second-order valence-electron chi connectivity index (χ2n) is 5.17. The minimum atomic E-state index is -0.0695. The molecule has 3 nitrogen and oxygen atoms in total. The van der Waals surface area contributed by atoms with Crippen molar-refractivity contribution in [3.63, 3.8) is 0 Å². The van der Waals surface area contributed by atoms with Gasteiger partial charge in [0.1, 0.15) is 0 Å². The summed E-state index contributed by atoms with van der Waals surface area (Å²) in [5, 5.41) is 22.5. The van der Waals surface area contributed by atoms with E-state index in [0.29, 0.717) is 11.8 Å². The van der Waals surface area contributed by atoms with Crippen LogP contribution in [-0.2, 0) is 0 Å². The Kier molecular flexibility index (Phi) is 3.68. The van der Waals surface area contributed by atoms with Crippen LogP contribution >= 0.6 is 15.9 Å². The zero-order valence-corrected chi connectivity index (χ0v) is 12.5. The predicted molar refractivity (Wildman–Crippen MR) is 82.3 cm³/mol. The maximum Gasteiger partial charge on any atom is 0.157 e. The fourth-order valence-electron chi connectivity index (χ4n) is 2.86. The zero-order chi connectivity index (χ0) is 14.1. The van der Waals surface area contributed by atoms with Crippen molar-refractivity contribution in [2.24, 2.45) is 0 Å². The van der Waals surface area contributed by atoms with Gasteiger partial charge in [0, 0.05) is 29.4 Å². The van der Waals surface area contributed by atoms with Gasteiger partial charge in [0.05, 0.1) is 0 Å². The first-order valence-electron chi connectivity index (χ1n) is 6.63. The van der Waals surface area contributed by atoms with Gasteiger partial charge in [0.15, 0.2) is 11.5 Å². The first-order chi connectivity index (χ1) is 9.65. The average Bonchev–Trinajstić information content (AvgIpc) is 2.92. The Morgan fingerprint density at radius 2 is 1.45 bits per heavy atom. The van der Waals surface area contributed by atoms with Gasteiger partial charge >= 0.3 is 0 Å².